The molecule has 0 radical (unpaired) electrons. The van der Waals surface area contributed by atoms with Gasteiger partial charge in [-0.05, 0) is 26.0 Å². The van der Waals surface area contributed by atoms with Crippen LogP contribution in [-0.4, -0.2) is 43.9 Å². The molecule has 1 amide bonds. The molecule has 0 bridgehead atoms. The number of hydrogen-bond acceptors (Lipinski definition) is 5. The molecule has 1 aromatic rings. The Morgan fingerprint density at radius 3 is 2.50 bits per heavy atom. The quantitative estimate of drug-likeness (QED) is 0.854. The predicted octanol–water partition coefficient (Wildman–Crippen LogP) is 1.33. The molecule has 0 atom stereocenters. The monoisotopic (exact) mass is 319 g/mol. The first kappa shape index (κ1) is 16.7. The molecule has 0 saturated carbocycles. The van der Waals surface area contributed by atoms with E-state index in [4.69, 9.17) is 11.6 Å². The van der Waals surface area contributed by atoms with E-state index >= 15 is 0 Å². The normalized spacial score (nSPS) is 12.1. The van der Waals surface area contributed by atoms with Crippen molar-refractivity contribution in [3.8, 4) is 0 Å². The van der Waals surface area contributed by atoms with Crippen molar-refractivity contribution in [1.82, 2.24) is 10.3 Å². The largest absolute Gasteiger partial charge is 0.373 e. The van der Waals surface area contributed by atoms with Crippen molar-refractivity contribution in [2.24, 2.45) is 0 Å². The molecule has 0 aliphatic rings. The van der Waals surface area contributed by atoms with E-state index in [1.54, 1.807) is 33.0 Å². The van der Waals surface area contributed by atoms with Crippen LogP contribution in [0.15, 0.2) is 12.1 Å². The fourth-order valence-electron chi connectivity index (χ4n) is 1.25. The van der Waals surface area contributed by atoms with Gasteiger partial charge >= 0.3 is 0 Å². The van der Waals surface area contributed by atoms with E-state index in [2.05, 4.69) is 15.6 Å². The molecule has 0 aromatic carbocycles. The number of halogens is 1. The maximum Gasteiger partial charge on any atom is 0.271 e. The molecule has 1 aromatic heterocycles. The number of nitrogens with one attached hydrogen (secondary N) is 2. The van der Waals surface area contributed by atoms with E-state index in [-0.39, 0.29) is 17.3 Å². The SMILES string of the molecule is CNc1ccc(Cl)c(C(=O)NCC(C)(C)S(C)(=O)=O)n1. The summed E-state index contributed by atoms with van der Waals surface area (Å²) < 4.78 is 22.1. The van der Waals surface area contributed by atoms with E-state index in [1.165, 1.54) is 0 Å². The van der Waals surface area contributed by atoms with Gasteiger partial charge < -0.3 is 10.6 Å². The van der Waals surface area contributed by atoms with Gasteiger partial charge in [-0.15, -0.1) is 0 Å². The van der Waals surface area contributed by atoms with Crippen molar-refractivity contribution >= 4 is 33.2 Å². The summed E-state index contributed by atoms with van der Waals surface area (Å²) >= 11 is 5.92. The first-order valence-electron chi connectivity index (χ1n) is 5.90. The van der Waals surface area contributed by atoms with E-state index in [9.17, 15) is 13.2 Å². The van der Waals surface area contributed by atoms with Gasteiger partial charge in [-0.1, -0.05) is 11.6 Å². The molecule has 0 aliphatic heterocycles. The summed E-state index contributed by atoms with van der Waals surface area (Å²) in [7, 11) is -1.61. The van der Waals surface area contributed by atoms with Crippen molar-refractivity contribution in [3.05, 3.63) is 22.8 Å². The molecule has 2 N–H and O–H groups in total. The zero-order valence-corrected chi connectivity index (χ0v) is 13.4. The Hall–Kier alpha value is -1.34. The second kappa shape index (κ2) is 5.97. The van der Waals surface area contributed by atoms with E-state index in [0.29, 0.717) is 5.82 Å². The number of aromatic nitrogens is 1. The van der Waals surface area contributed by atoms with Crippen LogP contribution in [0.2, 0.25) is 5.02 Å². The topological polar surface area (TPSA) is 88.2 Å². The van der Waals surface area contributed by atoms with E-state index < -0.39 is 20.5 Å². The molecule has 8 heteroatoms. The number of rotatable bonds is 5. The summed E-state index contributed by atoms with van der Waals surface area (Å²) in [4.78, 5) is 16.1. The number of sulfone groups is 1. The Morgan fingerprint density at radius 2 is 2.00 bits per heavy atom. The maximum absolute atomic E-state index is 12.0. The molecule has 6 nitrogen and oxygen atoms in total. The van der Waals surface area contributed by atoms with Crippen LogP contribution in [-0.2, 0) is 9.84 Å². The fraction of sp³-hybridized carbons (Fsp3) is 0.500. The van der Waals surface area contributed by atoms with Crippen LogP contribution >= 0.6 is 11.6 Å². The molecular formula is C12H18ClN3O3S. The van der Waals surface area contributed by atoms with E-state index in [1.807, 2.05) is 0 Å². The number of pyridine rings is 1. The summed E-state index contributed by atoms with van der Waals surface area (Å²) in [6.07, 6.45) is 1.13. The van der Waals surface area contributed by atoms with Gasteiger partial charge in [0.2, 0.25) is 0 Å². The highest BCUT2D eigenvalue weighted by molar-refractivity contribution is 7.92. The summed E-state index contributed by atoms with van der Waals surface area (Å²) in [6, 6.07) is 3.19. The Balaban J connectivity index is 2.88. The third-order valence-electron chi connectivity index (χ3n) is 3.00. The molecule has 0 unspecified atom stereocenters. The van der Waals surface area contributed by atoms with Gasteiger partial charge in [-0.3, -0.25) is 4.79 Å². The Labute approximate surface area is 123 Å². The highest BCUT2D eigenvalue weighted by Gasteiger charge is 2.31. The molecule has 20 heavy (non-hydrogen) atoms. The lowest BCUT2D eigenvalue weighted by Gasteiger charge is -2.22. The molecule has 0 aliphatic carbocycles. The summed E-state index contributed by atoms with van der Waals surface area (Å²) in [6.45, 7) is 3.07. The van der Waals surface area contributed by atoms with Gasteiger partial charge in [0.1, 0.15) is 11.5 Å². The minimum absolute atomic E-state index is 0.0214. The number of carbonyl (C=O) groups excluding carboxylic acids is 1. The van der Waals surface area contributed by atoms with Gasteiger partial charge in [0.15, 0.2) is 9.84 Å². The molecule has 1 rings (SSSR count). The first-order valence-corrected chi connectivity index (χ1v) is 8.17. The Morgan fingerprint density at radius 1 is 1.40 bits per heavy atom. The zero-order valence-electron chi connectivity index (χ0n) is 11.8. The van der Waals surface area contributed by atoms with Crippen LogP contribution in [0, 0.1) is 0 Å². The number of carbonyl (C=O) groups is 1. The highest BCUT2D eigenvalue weighted by Crippen LogP contribution is 2.17. The van der Waals surface area contributed by atoms with Crippen LogP contribution in [0.25, 0.3) is 0 Å². The second-order valence-corrected chi connectivity index (χ2v) is 8.05. The average Bonchev–Trinajstić information content (AvgIpc) is 2.35. The van der Waals surface area contributed by atoms with Gasteiger partial charge in [0, 0.05) is 19.8 Å². The lowest BCUT2D eigenvalue weighted by molar-refractivity contribution is 0.0946. The summed E-state index contributed by atoms with van der Waals surface area (Å²) in [5.74, 6) is -0.00857. The van der Waals surface area contributed by atoms with E-state index in [0.717, 1.165) is 6.26 Å². The third kappa shape index (κ3) is 3.83. The Bertz CT molecular complexity index is 614. The van der Waals surface area contributed by atoms with Crippen LogP contribution in [0.3, 0.4) is 0 Å². The predicted molar refractivity (Wildman–Crippen MR) is 80.0 cm³/mol. The highest BCUT2D eigenvalue weighted by atomic mass is 35.5. The molecular weight excluding hydrogens is 302 g/mol. The lowest BCUT2D eigenvalue weighted by atomic mass is 10.2. The minimum Gasteiger partial charge on any atom is -0.373 e. The Kier molecular flexibility index (Phi) is 4.99. The minimum atomic E-state index is -3.28. The summed E-state index contributed by atoms with van der Waals surface area (Å²) in [5.41, 5.74) is 0.0582. The fourth-order valence-corrected chi connectivity index (χ4v) is 1.77. The molecule has 1 heterocycles. The number of nitrogens with zero attached hydrogens (tertiary/aromatic N) is 1. The average molecular weight is 320 g/mol. The van der Waals surface area contributed by atoms with Crippen LogP contribution in [0.4, 0.5) is 5.82 Å². The summed E-state index contributed by atoms with van der Waals surface area (Å²) in [5, 5.41) is 5.55. The van der Waals surface area contributed by atoms with Crippen molar-refractivity contribution in [1.29, 1.82) is 0 Å². The molecule has 112 valence electrons. The van der Waals surface area contributed by atoms with Crippen molar-refractivity contribution in [2.75, 3.05) is 25.2 Å². The van der Waals surface area contributed by atoms with Gasteiger partial charge in [0.05, 0.1) is 9.77 Å². The lowest BCUT2D eigenvalue weighted by Crippen LogP contribution is -2.44. The smallest absolute Gasteiger partial charge is 0.271 e. The number of amides is 1. The van der Waals surface area contributed by atoms with Crippen molar-refractivity contribution < 1.29 is 13.2 Å². The second-order valence-electron chi connectivity index (χ2n) is 4.99. The number of anilines is 1. The van der Waals surface area contributed by atoms with Gasteiger partial charge in [-0.2, -0.15) is 0 Å². The van der Waals surface area contributed by atoms with Crippen LogP contribution < -0.4 is 10.6 Å². The standard InChI is InChI=1S/C12H18ClN3O3S/c1-12(2,20(4,18)19)7-15-11(17)10-8(13)5-6-9(14-3)16-10/h5-6H,7H2,1-4H3,(H,14,16)(H,15,17). The first-order chi connectivity index (χ1) is 9.08. The van der Waals surface area contributed by atoms with Crippen molar-refractivity contribution in [3.63, 3.8) is 0 Å². The maximum atomic E-state index is 12.0. The van der Waals surface area contributed by atoms with Crippen LogP contribution in [0.1, 0.15) is 24.3 Å². The zero-order chi connectivity index (χ0) is 15.6. The molecule has 0 saturated heterocycles. The number of hydrogen-bond donors (Lipinski definition) is 2. The van der Waals surface area contributed by atoms with Crippen LogP contribution in [0.5, 0.6) is 0 Å². The molecule has 0 fully saturated rings. The molecule has 0 spiro atoms. The van der Waals surface area contributed by atoms with Gasteiger partial charge in [-0.25, -0.2) is 13.4 Å². The van der Waals surface area contributed by atoms with Gasteiger partial charge in [0.25, 0.3) is 5.91 Å². The van der Waals surface area contributed by atoms with Crippen molar-refractivity contribution in [2.45, 2.75) is 18.6 Å². The third-order valence-corrected chi connectivity index (χ3v) is 5.45.